The van der Waals surface area contributed by atoms with Gasteiger partial charge >= 0.3 is 0 Å². The van der Waals surface area contributed by atoms with E-state index in [9.17, 15) is 8.78 Å². The molecule has 0 spiro atoms. The maximum atomic E-state index is 13.0. The highest BCUT2D eigenvalue weighted by Gasteiger charge is 2.07. The van der Waals surface area contributed by atoms with Crippen molar-refractivity contribution in [3.8, 4) is 5.69 Å². The second-order valence-electron chi connectivity index (χ2n) is 3.25. The van der Waals surface area contributed by atoms with E-state index in [0.717, 1.165) is 6.07 Å². The van der Waals surface area contributed by atoms with Gasteiger partial charge in [0, 0.05) is 6.07 Å². The average molecular weight is 209 g/mol. The Morgan fingerprint density at radius 2 is 1.67 bits per heavy atom. The molecular weight excluding hydrogens is 200 g/mol. The number of rotatable bonds is 1. The van der Waals surface area contributed by atoms with Gasteiger partial charge < -0.3 is 0 Å². The SMILES string of the molecule is Cc1nc(C)n(-c2cc(F)cc(F)c2)n1. The molecule has 0 bridgehead atoms. The maximum Gasteiger partial charge on any atom is 0.148 e. The van der Waals surface area contributed by atoms with Crippen LogP contribution in [-0.2, 0) is 0 Å². The van der Waals surface area contributed by atoms with Crippen LogP contribution in [0.15, 0.2) is 18.2 Å². The summed E-state index contributed by atoms with van der Waals surface area (Å²) in [4.78, 5) is 4.05. The van der Waals surface area contributed by atoms with Gasteiger partial charge in [0.1, 0.15) is 23.3 Å². The van der Waals surface area contributed by atoms with Crippen molar-refractivity contribution in [1.29, 1.82) is 0 Å². The molecule has 78 valence electrons. The van der Waals surface area contributed by atoms with E-state index in [1.807, 2.05) is 0 Å². The first kappa shape index (κ1) is 9.76. The van der Waals surface area contributed by atoms with Crippen LogP contribution < -0.4 is 0 Å². The van der Waals surface area contributed by atoms with Crippen LogP contribution in [0.3, 0.4) is 0 Å². The molecule has 0 aliphatic heterocycles. The van der Waals surface area contributed by atoms with E-state index in [4.69, 9.17) is 0 Å². The van der Waals surface area contributed by atoms with Crippen LogP contribution in [0.1, 0.15) is 11.6 Å². The van der Waals surface area contributed by atoms with Gasteiger partial charge in [-0.3, -0.25) is 0 Å². The monoisotopic (exact) mass is 209 g/mol. The molecule has 3 nitrogen and oxygen atoms in total. The Balaban J connectivity index is 2.58. The van der Waals surface area contributed by atoms with Crippen molar-refractivity contribution in [3.05, 3.63) is 41.5 Å². The fourth-order valence-corrected chi connectivity index (χ4v) is 1.43. The van der Waals surface area contributed by atoms with E-state index in [1.54, 1.807) is 13.8 Å². The van der Waals surface area contributed by atoms with Crippen LogP contribution in [-0.4, -0.2) is 14.8 Å². The number of hydrogen-bond acceptors (Lipinski definition) is 2. The maximum absolute atomic E-state index is 13.0. The van der Waals surface area contributed by atoms with Crippen LogP contribution in [0.5, 0.6) is 0 Å². The second kappa shape index (κ2) is 3.42. The Morgan fingerprint density at radius 1 is 1.07 bits per heavy atom. The molecule has 5 heteroatoms. The van der Waals surface area contributed by atoms with E-state index in [1.165, 1.54) is 16.8 Å². The first-order valence-corrected chi connectivity index (χ1v) is 4.43. The summed E-state index contributed by atoms with van der Waals surface area (Å²) in [6.45, 7) is 3.45. The highest BCUT2D eigenvalue weighted by atomic mass is 19.1. The molecule has 0 aliphatic rings. The third kappa shape index (κ3) is 1.86. The predicted octanol–water partition coefficient (Wildman–Crippen LogP) is 2.16. The van der Waals surface area contributed by atoms with Crippen molar-refractivity contribution in [2.75, 3.05) is 0 Å². The third-order valence-corrected chi connectivity index (χ3v) is 1.97. The highest BCUT2D eigenvalue weighted by molar-refractivity contribution is 5.32. The summed E-state index contributed by atoms with van der Waals surface area (Å²) in [6, 6.07) is 3.25. The van der Waals surface area contributed by atoms with Gasteiger partial charge in [-0.25, -0.2) is 18.4 Å². The van der Waals surface area contributed by atoms with Gasteiger partial charge in [0.2, 0.25) is 0 Å². The number of aromatic nitrogens is 3. The van der Waals surface area contributed by atoms with Crippen molar-refractivity contribution in [1.82, 2.24) is 14.8 Å². The van der Waals surface area contributed by atoms with Crippen LogP contribution >= 0.6 is 0 Å². The summed E-state index contributed by atoms with van der Waals surface area (Å²) in [5.74, 6) is -0.0928. The van der Waals surface area contributed by atoms with Gasteiger partial charge in [-0.2, -0.15) is 5.10 Å². The molecule has 0 N–H and O–H groups in total. The lowest BCUT2D eigenvalue weighted by Crippen LogP contribution is -2.00. The van der Waals surface area contributed by atoms with Gasteiger partial charge in [-0.05, 0) is 26.0 Å². The Labute approximate surface area is 85.4 Å². The van der Waals surface area contributed by atoms with Crippen LogP contribution in [0.4, 0.5) is 8.78 Å². The zero-order valence-electron chi connectivity index (χ0n) is 8.33. The summed E-state index contributed by atoms with van der Waals surface area (Å²) >= 11 is 0. The van der Waals surface area contributed by atoms with Gasteiger partial charge in [0.25, 0.3) is 0 Å². The minimum atomic E-state index is -0.627. The molecule has 0 fully saturated rings. The molecule has 15 heavy (non-hydrogen) atoms. The fourth-order valence-electron chi connectivity index (χ4n) is 1.43. The Kier molecular flexibility index (Phi) is 2.22. The molecule has 2 rings (SSSR count). The molecular formula is C10H9F2N3. The van der Waals surface area contributed by atoms with E-state index < -0.39 is 11.6 Å². The number of aryl methyl sites for hydroxylation is 2. The fraction of sp³-hybridized carbons (Fsp3) is 0.200. The highest BCUT2D eigenvalue weighted by Crippen LogP contribution is 2.13. The standard InChI is InChI=1S/C10H9F2N3/c1-6-13-7(2)15(14-6)10-4-8(11)3-9(12)5-10/h3-5H,1-2H3. The largest absolute Gasteiger partial charge is 0.218 e. The van der Waals surface area contributed by atoms with Gasteiger partial charge in [-0.1, -0.05) is 0 Å². The van der Waals surface area contributed by atoms with Gasteiger partial charge in [0.05, 0.1) is 5.69 Å². The first-order valence-electron chi connectivity index (χ1n) is 4.43. The molecule has 1 aromatic carbocycles. The lowest BCUT2D eigenvalue weighted by molar-refractivity contribution is 0.579. The lowest BCUT2D eigenvalue weighted by Gasteiger charge is -2.02. The molecule has 1 heterocycles. The minimum Gasteiger partial charge on any atom is -0.218 e. The number of nitrogens with zero attached hydrogens (tertiary/aromatic N) is 3. The number of hydrogen-bond donors (Lipinski definition) is 0. The molecule has 0 amide bonds. The van der Waals surface area contributed by atoms with Crippen molar-refractivity contribution in [2.45, 2.75) is 13.8 Å². The summed E-state index contributed by atoms with van der Waals surface area (Å²) in [7, 11) is 0. The van der Waals surface area contributed by atoms with Crippen LogP contribution in [0.25, 0.3) is 5.69 Å². The molecule has 2 aromatic rings. The van der Waals surface area contributed by atoms with Crippen LogP contribution in [0.2, 0.25) is 0 Å². The number of halogens is 2. The van der Waals surface area contributed by atoms with Crippen molar-refractivity contribution < 1.29 is 8.78 Å². The molecule has 1 aromatic heterocycles. The molecule has 0 unspecified atom stereocenters. The molecule has 0 radical (unpaired) electrons. The zero-order valence-corrected chi connectivity index (χ0v) is 8.33. The molecule has 0 atom stereocenters. The Hall–Kier alpha value is -1.78. The summed E-state index contributed by atoms with van der Waals surface area (Å²) < 4.78 is 27.3. The quantitative estimate of drug-likeness (QED) is 0.720. The average Bonchev–Trinajstić information content (AvgIpc) is 2.43. The van der Waals surface area contributed by atoms with E-state index in [0.29, 0.717) is 17.3 Å². The normalized spacial score (nSPS) is 10.7. The topological polar surface area (TPSA) is 30.7 Å². The summed E-state index contributed by atoms with van der Waals surface area (Å²) in [6.07, 6.45) is 0. The lowest BCUT2D eigenvalue weighted by atomic mass is 10.3. The van der Waals surface area contributed by atoms with Crippen molar-refractivity contribution >= 4 is 0 Å². The Bertz CT molecular complexity index is 485. The minimum absolute atomic E-state index is 0.339. The summed E-state index contributed by atoms with van der Waals surface area (Å²) in [5, 5.41) is 4.03. The van der Waals surface area contributed by atoms with E-state index in [-0.39, 0.29) is 0 Å². The zero-order chi connectivity index (χ0) is 11.0. The smallest absolute Gasteiger partial charge is 0.148 e. The van der Waals surface area contributed by atoms with Crippen LogP contribution in [0, 0.1) is 25.5 Å². The molecule has 0 aliphatic carbocycles. The van der Waals surface area contributed by atoms with E-state index in [2.05, 4.69) is 10.1 Å². The van der Waals surface area contributed by atoms with E-state index >= 15 is 0 Å². The van der Waals surface area contributed by atoms with Gasteiger partial charge in [-0.15, -0.1) is 0 Å². The first-order chi connectivity index (χ1) is 7.06. The van der Waals surface area contributed by atoms with Crippen molar-refractivity contribution in [2.24, 2.45) is 0 Å². The molecule has 0 saturated carbocycles. The Morgan fingerprint density at radius 3 is 2.13 bits per heavy atom. The summed E-state index contributed by atoms with van der Waals surface area (Å²) in [5.41, 5.74) is 0.339. The van der Waals surface area contributed by atoms with Gasteiger partial charge in [0.15, 0.2) is 0 Å². The molecule has 0 saturated heterocycles. The third-order valence-electron chi connectivity index (χ3n) is 1.97. The second-order valence-corrected chi connectivity index (χ2v) is 3.25. The predicted molar refractivity (Wildman–Crippen MR) is 50.7 cm³/mol. The number of benzene rings is 1. The van der Waals surface area contributed by atoms with Crippen molar-refractivity contribution in [3.63, 3.8) is 0 Å².